The lowest BCUT2D eigenvalue weighted by Gasteiger charge is -2.14. The molecule has 0 saturated carbocycles. The first kappa shape index (κ1) is 25.2. The summed E-state index contributed by atoms with van der Waals surface area (Å²) in [5.74, 6) is 4.04. The molecule has 0 unspecified atom stereocenters. The molecule has 0 aliphatic carbocycles. The molecule has 1 heterocycles. The Kier molecular flexibility index (Phi) is 10.1. The van der Waals surface area contributed by atoms with E-state index in [9.17, 15) is 0 Å². The second kappa shape index (κ2) is 12.7. The summed E-state index contributed by atoms with van der Waals surface area (Å²) in [6.45, 7) is 5.57. The number of anilines is 1. The maximum Gasteiger partial charge on any atom is 0.196 e. The van der Waals surface area contributed by atoms with Crippen LogP contribution in [-0.4, -0.2) is 48.5 Å². The first-order valence-electron chi connectivity index (χ1n) is 10.1. The van der Waals surface area contributed by atoms with Gasteiger partial charge in [0.15, 0.2) is 23.3 Å². The fourth-order valence-electron chi connectivity index (χ4n) is 2.85. The van der Waals surface area contributed by atoms with Crippen molar-refractivity contribution < 1.29 is 14.2 Å². The van der Waals surface area contributed by atoms with Crippen LogP contribution in [0, 0.1) is 0 Å². The summed E-state index contributed by atoms with van der Waals surface area (Å²) >= 11 is 0. The van der Waals surface area contributed by atoms with Gasteiger partial charge in [0.05, 0.1) is 20.8 Å². The van der Waals surface area contributed by atoms with Crippen LogP contribution in [0.25, 0.3) is 11.4 Å². The van der Waals surface area contributed by atoms with Gasteiger partial charge in [-0.1, -0.05) is 0 Å². The highest BCUT2D eigenvalue weighted by molar-refractivity contribution is 14.0. The molecule has 3 aromatic rings. The quantitative estimate of drug-likeness (QED) is 0.209. The molecule has 0 amide bonds. The summed E-state index contributed by atoms with van der Waals surface area (Å²) < 4.78 is 16.2. The zero-order valence-electron chi connectivity index (χ0n) is 18.6. The second-order valence-corrected chi connectivity index (χ2v) is 6.45. The molecule has 10 heteroatoms. The van der Waals surface area contributed by atoms with Crippen molar-refractivity contribution in [3.63, 3.8) is 0 Å². The van der Waals surface area contributed by atoms with E-state index in [-0.39, 0.29) is 24.0 Å². The molecule has 172 valence electrons. The maximum absolute atomic E-state index is 5.57. The number of rotatable bonds is 9. The number of hydrogen-bond acceptors (Lipinski definition) is 6. The molecule has 1 aromatic heterocycles. The van der Waals surface area contributed by atoms with Crippen LogP contribution in [0.1, 0.15) is 19.7 Å². The van der Waals surface area contributed by atoms with Gasteiger partial charge in [0, 0.05) is 23.9 Å². The molecule has 0 bridgehead atoms. The summed E-state index contributed by atoms with van der Waals surface area (Å²) in [6, 6.07) is 13.2. The van der Waals surface area contributed by atoms with Crippen LogP contribution in [0.5, 0.6) is 17.2 Å². The lowest BCUT2D eigenvalue weighted by molar-refractivity contribution is 0.311. The Labute approximate surface area is 205 Å². The predicted molar refractivity (Wildman–Crippen MR) is 136 cm³/mol. The van der Waals surface area contributed by atoms with Gasteiger partial charge in [-0.2, -0.15) is 5.10 Å². The average Bonchev–Trinajstić information content (AvgIpc) is 3.28. The molecule has 3 rings (SSSR count). The van der Waals surface area contributed by atoms with Gasteiger partial charge in [0.25, 0.3) is 0 Å². The molecule has 0 saturated heterocycles. The van der Waals surface area contributed by atoms with E-state index in [0.717, 1.165) is 17.0 Å². The number of methoxy groups -OCH3 is 2. The van der Waals surface area contributed by atoms with Gasteiger partial charge >= 0.3 is 0 Å². The molecule has 2 aromatic carbocycles. The Morgan fingerprint density at radius 3 is 2.47 bits per heavy atom. The van der Waals surface area contributed by atoms with E-state index in [1.54, 1.807) is 14.2 Å². The minimum absolute atomic E-state index is 0. The third kappa shape index (κ3) is 6.74. The first-order valence-corrected chi connectivity index (χ1v) is 10.1. The molecule has 0 aliphatic rings. The van der Waals surface area contributed by atoms with Crippen molar-refractivity contribution in [2.24, 2.45) is 4.99 Å². The Morgan fingerprint density at radius 2 is 1.81 bits per heavy atom. The number of aliphatic imine (C=N–C) groups is 1. The zero-order valence-corrected chi connectivity index (χ0v) is 21.0. The van der Waals surface area contributed by atoms with Crippen LogP contribution >= 0.6 is 24.0 Å². The van der Waals surface area contributed by atoms with Gasteiger partial charge in [-0.3, -0.25) is 5.10 Å². The second-order valence-electron chi connectivity index (χ2n) is 6.45. The molecule has 9 nitrogen and oxygen atoms in total. The van der Waals surface area contributed by atoms with E-state index in [1.807, 2.05) is 56.3 Å². The van der Waals surface area contributed by atoms with Crippen LogP contribution in [-0.2, 0) is 6.54 Å². The Balaban J connectivity index is 0.00000363. The number of aromatic amines is 1. The number of nitrogens with one attached hydrogen (secondary N) is 3. The summed E-state index contributed by atoms with van der Waals surface area (Å²) in [7, 11) is 3.25. The van der Waals surface area contributed by atoms with Gasteiger partial charge in [-0.05, 0) is 50.2 Å². The van der Waals surface area contributed by atoms with E-state index >= 15 is 0 Å². The number of benzene rings is 2. The number of guanidine groups is 1. The third-order valence-electron chi connectivity index (χ3n) is 4.34. The minimum Gasteiger partial charge on any atom is -0.497 e. The lowest BCUT2D eigenvalue weighted by Crippen LogP contribution is -2.30. The van der Waals surface area contributed by atoms with Crippen LogP contribution in [0.2, 0.25) is 0 Å². The first-order chi connectivity index (χ1) is 15.2. The number of ether oxygens (including phenoxy) is 3. The molecule has 3 N–H and O–H groups in total. The highest BCUT2D eigenvalue weighted by Gasteiger charge is 2.09. The van der Waals surface area contributed by atoms with E-state index in [4.69, 9.17) is 14.2 Å². The molecule has 0 aliphatic heterocycles. The fraction of sp³-hybridized carbons (Fsp3) is 0.318. The number of H-pyrrole nitrogens is 1. The van der Waals surface area contributed by atoms with Crippen LogP contribution in [0.4, 0.5) is 5.69 Å². The van der Waals surface area contributed by atoms with Gasteiger partial charge in [0.2, 0.25) is 0 Å². The molecular weight excluding hydrogens is 523 g/mol. The highest BCUT2D eigenvalue weighted by atomic mass is 127. The highest BCUT2D eigenvalue weighted by Crippen LogP contribution is 2.30. The topological polar surface area (TPSA) is 106 Å². The summed E-state index contributed by atoms with van der Waals surface area (Å²) in [5, 5.41) is 13.7. The smallest absolute Gasteiger partial charge is 0.196 e. The van der Waals surface area contributed by atoms with Gasteiger partial charge in [-0.15, -0.1) is 24.0 Å². The Morgan fingerprint density at radius 1 is 1.03 bits per heavy atom. The number of hydrogen-bond donors (Lipinski definition) is 3. The maximum atomic E-state index is 5.57. The Bertz CT molecular complexity index is 1010. The van der Waals surface area contributed by atoms with Crippen molar-refractivity contribution in [3.8, 4) is 28.6 Å². The van der Waals surface area contributed by atoms with Crippen LogP contribution in [0.3, 0.4) is 0 Å². The van der Waals surface area contributed by atoms with Crippen molar-refractivity contribution in [1.82, 2.24) is 20.5 Å². The van der Waals surface area contributed by atoms with Gasteiger partial charge in [0.1, 0.15) is 18.1 Å². The number of aromatic nitrogens is 3. The molecule has 32 heavy (non-hydrogen) atoms. The normalized spacial score (nSPS) is 10.8. The molecule has 0 spiro atoms. The minimum atomic E-state index is 0. The van der Waals surface area contributed by atoms with E-state index in [1.165, 1.54) is 0 Å². The van der Waals surface area contributed by atoms with Crippen molar-refractivity contribution in [2.75, 3.05) is 32.7 Å². The Hall–Kier alpha value is -3.02. The monoisotopic (exact) mass is 552 g/mol. The van der Waals surface area contributed by atoms with Crippen molar-refractivity contribution in [2.45, 2.75) is 20.4 Å². The van der Waals surface area contributed by atoms with E-state index in [0.29, 0.717) is 48.8 Å². The summed E-state index contributed by atoms with van der Waals surface area (Å²) in [4.78, 5) is 9.12. The fourth-order valence-corrected chi connectivity index (χ4v) is 2.85. The van der Waals surface area contributed by atoms with Crippen molar-refractivity contribution in [1.29, 1.82) is 0 Å². The SMILES string of the molecule is CCNC(=NCc1nc(-c2ccc(OC)cc2)n[nH]1)Nc1ccc(OCC)c(OC)c1.I. The summed E-state index contributed by atoms with van der Waals surface area (Å²) in [5.41, 5.74) is 1.73. The average molecular weight is 552 g/mol. The molecule has 0 radical (unpaired) electrons. The molecule has 0 fully saturated rings. The standard InChI is InChI=1S/C22H28N6O3.HI/c1-5-23-22(25-16-9-12-18(31-6-2)19(13-16)30-4)24-14-20-26-21(28-27-20)15-7-10-17(29-3)11-8-15;/h7-13H,5-6,14H2,1-4H3,(H2,23,24,25)(H,26,27,28);1H. The summed E-state index contributed by atoms with van der Waals surface area (Å²) in [6.07, 6.45) is 0. The largest absolute Gasteiger partial charge is 0.497 e. The van der Waals surface area contributed by atoms with E-state index < -0.39 is 0 Å². The van der Waals surface area contributed by atoms with Gasteiger partial charge < -0.3 is 24.8 Å². The molecular formula is C22H29IN6O3. The number of nitrogens with zero attached hydrogens (tertiary/aromatic N) is 3. The van der Waals surface area contributed by atoms with Gasteiger partial charge in [-0.25, -0.2) is 9.98 Å². The van der Waals surface area contributed by atoms with Crippen molar-refractivity contribution in [3.05, 3.63) is 48.3 Å². The molecule has 0 atom stereocenters. The predicted octanol–water partition coefficient (Wildman–Crippen LogP) is 4.08. The van der Waals surface area contributed by atoms with Crippen LogP contribution in [0.15, 0.2) is 47.5 Å². The van der Waals surface area contributed by atoms with Crippen LogP contribution < -0.4 is 24.8 Å². The third-order valence-corrected chi connectivity index (χ3v) is 4.34. The zero-order chi connectivity index (χ0) is 22.1. The number of halogens is 1. The van der Waals surface area contributed by atoms with Crippen molar-refractivity contribution >= 4 is 35.6 Å². The van der Waals surface area contributed by atoms with E-state index in [2.05, 4.69) is 30.8 Å². The lowest BCUT2D eigenvalue weighted by atomic mass is 10.2.